The normalized spacial score (nSPS) is 14.3. The fraction of sp³-hybridized carbons (Fsp3) is 0.391. The van der Waals surface area contributed by atoms with Gasteiger partial charge in [0, 0.05) is 57.4 Å². The van der Waals surface area contributed by atoms with Crippen molar-refractivity contribution < 1.29 is 18.3 Å². The smallest absolute Gasteiger partial charge is 0.225 e. The summed E-state index contributed by atoms with van der Waals surface area (Å²) < 4.78 is 32.4. The van der Waals surface area contributed by atoms with E-state index in [1.165, 1.54) is 0 Å². The molecule has 3 N–H and O–H groups in total. The van der Waals surface area contributed by atoms with E-state index in [1.807, 2.05) is 24.3 Å². The third-order valence-electron chi connectivity index (χ3n) is 5.11. The quantitative estimate of drug-likeness (QED) is 0.257. The number of ether oxygens (including phenoxy) is 1. The molecule has 0 spiro atoms. The largest absolute Gasteiger partial charge is 0.379 e. The summed E-state index contributed by atoms with van der Waals surface area (Å²) in [4.78, 5) is 18.6. The van der Waals surface area contributed by atoms with E-state index in [1.54, 1.807) is 7.05 Å². The third-order valence-corrected chi connectivity index (χ3v) is 5.11. The fourth-order valence-corrected chi connectivity index (χ4v) is 3.33. The van der Waals surface area contributed by atoms with E-state index < -0.39 is 11.6 Å². The zero-order valence-corrected chi connectivity index (χ0v) is 20.9. The van der Waals surface area contributed by atoms with Crippen molar-refractivity contribution in [3.05, 3.63) is 65.2 Å². The first-order valence-corrected chi connectivity index (χ1v) is 10.6. The van der Waals surface area contributed by atoms with Crippen LogP contribution in [0.25, 0.3) is 0 Å². The maximum atomic E-state index is 13.8. The molecule has 0 aliphatic carbocycles. The average molecular weight is 573 g/mol. The summed E-state index contributed by atoms with van der Waals surface area (Å²) in [5, 5.41) is 9.03. The van der Waals surface area contributed by atoms with Crippen LogP contribution < -0.4 is 16.0 Å². The standard InChI is InChI=1S/C23H29F2N5O2.HI/c1-26-23(28-16-18-14-19(24)5-6-21(18)25)27-15-17-3-2-4-20(13-17)29-22(31)7-8-30-9-11-32-12-10-30;/h2-6,13-14H,7-12,15-16H2,1H3,(H,29,31)(H2,26,27,28);1H. The number of nitrogens with one attached hydrogen (secondary N) is 3. The molecule has 0 aromatic heterocycles. The van der Waals surface area contributed by atoms with Gasteiger partial charge >= 0.3 is 0 Å². The number of carbonyl (C=O) groups is 1. The van der Waals surface area contributed by atoms with Crippen LogP contribution in [-0.2, 0) is 22.6 Å². The monoisotopic (exact) mass is 573 g/mol. The van der Waals surface area contributed by atoms with Gasteiger partial charge in [-0.1, -0.05) is 12.1 Å². The van der Waals surface area contributed by atoms with Gasteiger partial charge in [0.25, 0.3) is 0 Å². The summed E-state index contributed by atoms with van der Waals surface area (Å²) in [6, 6.07) is 10.9. The predicted octanol–water partition coefficient (Wildman–Crippen LogP) is 3.11. The van der Waals surface area contributed by atoms with E-state index >= 15 is 0 Å². The highest BCUT2D eigenvalue weighted by Crippen LogP contribution is 2.12. The number of amides is 1. The molecule has 0 radical (unpaired) electrons. The van der Waals surface area contributed by atoms with Crippen molar-refractivity contribution in [1.29, 1.82) is 0 Å². The van der Waals surface area contributed by atoms with Crippen LogP contribution in [-0.4, -0.2) is 56.7 Å². The molecular weight excluding hydrogens is 543 g/mol. The minimum absolute atomic E-state index is 0. The van der Waals surface area contributed by atoms with Gasteiger partial charge in [-0.3, -0.25) is 14.7 Å². The highest BCUT2D eigenvalue weighted by Gasteiger charge is 2.12. The van der Waals surface area contributed by atoms with Crippen LogP contribution in [0.5, 0.6) is 0 Å². The van der Waals surface area contributed by atoms with Gasteiger partial charge in [-0.05, 0) is 35.9 Å². The molecule has 2 aromatic carbocycles. The maximum Gasteiger partial charge on any atom is 0.225 e. The lowest BCUT2D eigenvalue weighted by molar-refractivity contribution is -0.116. The highest BCUT2D eigenvalue weighted by molar-refractivity contribution is 14.0. The second-order valence-electron chi connectivity index (χ2n) is 7.47. The first-order chi connectivity index (χ1) is 15.5. The topological polar surface area (TPSA) is 78.0 Å². The molecular formula is C23H30F2IN5O2. The van der Waals surface area contributed by atoms with E-state index in [4.69, 9.17) is 4.74 Å². The zero-order chi connectivity index (χ0) is 22.8. The Morgan fingerprint density at radius 2 is 1.85 bits per heavy atom. The van der Waals surface area contributed by atoms with Crippen molar-refractivity contribution in [1.82, 2.24) is 15.5 Å². The van der Waals surface area contributed by atoms with Gasteiger partial charge in [0.05, 0.1) is 13.2 Å². The Kier molecular flexibility index (Phi) is 11.5. The van der Waals surface area contributed by atoms with Gasteiger partial charge < -0.3 is 20.7 Å². The van der Waals surface area contributed by atoms with Crippen LogP contribution in [0.3, 0.4) is 0 Å². The maximum absolute atomic E-state index is 13.8. The molecule has 1 heterocycles. The van der Waals surface area contributed by atoms with Crippen LogP contribution in [0, 0.1) is 11.6 Å². The van der Waals surface area contributed by atoms with Crippen molar-refractivity contribution in [3.63, 3.8) is 0 Å². The molecule has 1 saturated heterocycles. The summed E-state index contributed by atoms with van der Waals surface area (Å²) in [6.07, 6.45) is 0.426. The van der Waals surface area contributed by atoms with Crippen molar-refractivity contribution >= 4 is 41.5 Å². The molecule has 0 atom stereocenters. The number of carbonyl (C=O) groups excluding carboxylic acids is 1. The molecule has 33 heavy (non-hydrogen) atoms. The van der Waals surface area contributed by atoms with Crippen LogP contribution >= 0.6 is 24.0 Å². The van der Waals surface area contributed by atoms with Gasteiger partial charge in [-0.15, -0.1) is 24.0 Å². The molecule has 3 rings (SSSR count). The molecule has 1 aliphatic heterocycles. The van der Waals surface area contributed by atoms with Crippen molar-refractivity contribution in [2.45, 2.75) is 19.5 Å². The van der Waals surface area contributed by atoms with E-state index in [0.717, 1.165) is 42.5 Å². The molecule has 0 unspecified atom stereocenters. The Morgan fingerprint density at radius 3 is 2.61 bits per heavy atom. The lowest BCUT2D eigenvalue weighted by Crippen LogP contribution is -2.38. The predicted molar refractivity (Wildman–Crippen MR) is 136 cm³/mol. The van der Waals surface area contributed by atoms with Gasteiger partial charge in [0.1, 0.15) is 11.6 Å². The van der Waals surface area contributed by atoms with Crippen LogP contribution in [0.4, 0.5) is 14.5 Å². The Labute approximate surface area is 210 Å². The lowest BCUT2D eigenvalue weighted by atomic mass is 10.2. The molecule has 7 nitrogen and oxygen atoms in total. The molecule has 1 aliphatic rings. The third kappa shape index (κ3) is 9.22. The summed E-state index contributed by atoms with van der Waals surface area (Å²) in [7, 11) is 1.60. The SMILES string of the molecule is CN=C(NCc1cccc(NC(=O)CCN2CCOCC2)c1)NCc1cc(F)ccc1F.I. The van der Waals surface area contributed by atoms with Crippen molar-refractivity contribution in [2.24, 2.45) is 4.99 Å². The number of anilines is 1. The average Bonchev–Trinajstić information content (AvgIpc) is 2.81. The van der Waals surface area contributed by atoms with Gasteiger partial charge in [0.15, 0.2) is 5.96 Å². The number of halogens is 3. The first-order valence-electron chi connectivity index (χ1n) is 10.6. The number of aliphatic imine (C=N–C) groups is 1. The second kappa shape index (κ2) is 14.1. The van der Waals surface area contributed by atoms with Gasteiger partial charge in [-0.25, -0.2) is 8.78 Å². The van der Waals surface area contributed by atoms with Gasteiger partial charge in [0.2, 0.25) is 5.91 Å². The minimum Gasteiger partial charge on any atom is -0.379 e. The molecule has 1 amide bonds. The number of guanidine groups is 1. The van der Waals surface area contributed by atoms with Crippen LogP contribution in [0.1, 0.15) is 17.5 Å². The molecule has 180 valence electrons. The summed E-state index contributed by atoms with van der Waals surface area (Å²) in [5.41, 5.74) is 1.88. The summed E-state index contributed by atoms with van der Waals surface area (Å²) >= 11 is 0. The number of morpholine rings is 1. The molecule has 0 saturated carbocycles. The number of hydrogen-bond acceptors (Lipinski definition) is 4. The molecule has 10 heteroatoms. The summed E-state index contributed by atoms with van der Waals surface area (Å²) in [5.74, 6) is -0.550. The lowest BCUT2D eigenvalue weighted by Gasteiger charge is -2.26. The van der Waals surface area contributed by atoms with Crippen LogP contribution in [0.2, 0.25) is 0 Å². The van der Waals surface area contributed by atoms with E-state index in [2.05, 4.69) is 25.8 Å². The Balaban J connectivity index is 0.00000385. The second-order valence-corrected chi connectivity index (χ2v) is 7.47. The fourth-order valence-electron chi connectivity index (χ4n) is 3.33. The van der Waals surface area contributed by atoms with Crippen LogP contribution in [0.15, 0.2) is 47.5 Å². The molecule has 1 fully saturated rings. The Bertz CT molecular complexity index is 939. The number of rotatable bonds is 8. The molecule has 2 aromatic rings. The van der Waals surface area contributed by atoms with E-state index in [9.17, 15) is 13.6 Å². The van der Waals surface area contributed by atoms with E-state index in [-0.39, 0.29) is 42.0 Å². The molecule has 0 bridgehead atoms. The first kappa shape index (κ1) is 26.9. The Morgan fingerprint density at radius 1 is 1.09 bits per heavy atom. The Hall–Kier alpha value is -2.31. The van der Waals surface area contributed by atoms with Gasteiger partial charge in [-0.2, -0.15) is 0 Å². The number of nitrogens with zero attached hydrogens (tertiary/aromatic N) is 2. The number of hydrogen-bond donors (Lipinski definition) is 3. The van der Waals surface area contributed by atoms with E-state index in [0.29, 0.717) is 38.7 Å². The zero-order valence-electron chi connectivity index (χ0n) is 18.6. The minimum atomic E-state index is -0.491. The van der Waals surface area contributed by atoms with Crippen molar-refractivity contribution in [2.75, 3.05) is 45.2 Å². The highest BCUT2D eigenvalue weighted by atomic mass is 127. The summed E-state index contributed by atoms with van der Waals surface area (Å²) in [6.45, 7) is 4.40. The number of benzene rings is 2. The van der Waals surface area contributed by atoms with Crippen molar-refractivity contribution in [3.8, 4) is 0 Å².